The number of carbonyl (C=O) groups excluding carboxylic acids is 1. The Morgan fingerprint density at radius 2 is 1.76 bits per heavy atom. The van der Waals surface area contributed by atoms with Crippen LogP contribution < -0.4 is 0 Å². The van der Waals surface area contributed by atoms with E-state index in [0.717, 1.165) is 27.3 Å². The molecule has 1 saturated heterocycles. The minimum atomic E-state index is -0.828. The third-order valence-corrected chi connectivity index (χ3v) is 6.05. The molecule has 2 heterocycles. The van der Waals surface area contributed by atoms with Gasteiger partial charge in [0.05, 0.1) is 6.61 Å². The molecule has 1 atom stereocenters. The predicted octanol–water partition coefficient (Wildman–Crippen LogP) is 4.55. The lowest BCUT2D eigenvalue weighted by atomic mass is 9.75. The first-order chi connectivity index (χ1) is 12.1. The Labute approximate surface area is 152 Å². The minimum Gasteiger partial charge on any atom is -0.445 e. The van der Waals surface area contributed by atoms with Gasteiger partial charge in [-0.1, -0.05) is 54.7 Å². The molecule has 2 aliphatic rings. The van der Waals surface area contributed by atoms with Crippen LogP contribution in [0.5, 0.6) is 0 Å². The summed E-state index contributed by atoms with van der Waals surface area (Å²) in [7, 11) is 0. The fourth-order valence-corrected chi connectivity index (χ4v) is 4.90. The van der Waals surface area contributed by atoms with E-state index >= 15 is 0 Å². The molecule has 0 amide bonds. The van der Waals surface area contributed by atoms with Gasteiger partial charge in [0.2, 0.25) is 0 Å². The van der Waals surface area contributed by atoms with E-state index in [1.807, 2.05) is 24.3 Å². The molecule has 2 aromatic rings. The maximum Gasteiger partial charge on any atom is 0.334 e. The van der Waals surface area contributed by atoms with Gasteiger partial charge in [-0.3, -0.25) is 0 Å². The number of hydrogen-bond acceptors (Lipinski definition) is 4. The van der Waals surface area contributed by atoms with Crippen molar-refractivity contribution in [3.8, 4) is 0 Å². The monoisotopic (exact) mass is 352 g/mol. The van der Waals surface area contributed by atoms with Gasteiger partial charge in [0.25, 0.3) is 0 Å². The van der Waals surface area contributed by atoms with Crippen LogP contribution in [0.25, 0.3) is 0 Å². The lowest BCUT2D eigenvalue weighted by Crippen LogP contribution is -2.43. The summed E-state index contributed by atoms with van der Waals surface area (Å²) < 4.78 is 11.9. The maximum atomic E-state index is 12.6. The molecule has 2 aliphatic heterocycles. The Morgan fingerprint density at radius 1 is 1.16 bits per heavy atom. The van der Waals surface area contributed by atoms with Crippen molar-refractivity contribution in [2.45, 2.75) is 28.7 Å². The molecule has 1 unspecified atom stereocenters. The second-order valence-electron chi connectivity index (χ2n) is 6.56. The van der Waals surface area contributed by atoms with Gasteiger partial charge in [0.15, 0.2) is 5.60 Å². The summed E-state index contributed by atoms with van der Waals surface area (Å²) in [5.41, 5.74) is 1.67. The minimum absolute atomic E-state index is 0.0824. The molecule has 4 rings (SSSR count). The highest BCUT2D eigenvalue weighted by atomic mass is 32.2. The molecule has 4 heteroatoms. The normalized spacial score (nSPS) is 20.4. The molecule has 0 saturated carbocycles. The Balaban J connectivity index is 1.98. The average Bonchev–Trinajstić information content (AvgIpc) is 3.16. The summed E-state index contributed by atoms with van der Waals surface area (Å²) in [6.07, 6.45) is 0.858. The molecule has 128 valence electrons. The van der Waals surface area contributed by atoms with Crippen LogP contribution in [0.1, 0.15) is 24.5 Å². The van der Waals surface area contributed by atoms with Gasteiger partial charge in [0, 0.05) is 39.0 Å². The highest BCUT2D eigenvalue weighted by Gasteiger charge is 2.51. The molecule has 3 nitrogen and oxygen atoms in total. The van der Waals surface area contributed by atoms with Crippen LogP contribution in [-0.2, 0) is 19.9 Å². The van der Waals surface area contributed by atoms with Gasteiger partial charge in [-0.2, -0.15) is 0 Å². The second kappa shape index (κ2) is 6.36. The zero-order valence-corrected chi connectivity index (χ0v) is 15.0. The number of carbonyl (C=O) groups is 1. The number of esters is 1. The van der Waals surface area contributed by atoms with E-state index in [0.29, 0.717) is 18.8 Å². The molecular weight excluding hydrogens is 332 g/mol. The molecule has 1 fully saturated rings. The van der Waals surface area contributed by atoms with Gasteiger partial charge >= 0.3 is 5.97 Å². The van der Waals surface area contributed by atoms with Crippen molar-refractivity contribution in [3.63, 3.8) is 0 Å². The quantitative estimate of drug-likeness (QED) is 0.600. The van der Waals surface area contributed by atoms with Gasteiger partial charge < -0.3 is 9.47 Å². The van der Waals surface area contributed by atoms with Gasteiger partial charge in [-0.05, 0) is 25.5 Å². The topological polar surface area (TPSA) is 35.5 Å². The smallest absolute Gasteiger partial charge is 0.334 e. The van der Waals surface area contributed by atoms with Crippen LogP contribution in [-0.4, -0.2) is 19.2 Å². The maximum absolute atomic E-state index is 12.6. The number of ether oxygens (including phenoxy) is 2. The Kier molecular flexibility index (Phi) is 4.18. The molecule has 0 aliphatic carbocycles. The van der Waals surface area contributed by atoms with Crippen molar-refractivity contribution in [1.82, 2.24) is 0 Å². The van der Waals surface area contributed by atoms with Crippen LogP contribution >= 0.6 is 11.8 Å². The summed E-state index contributed by atoms with van der Waals surface area (Å²) in [5, 5.41) is 0. The molecule has 0 N–H and O–H groups in total. The summed E-state index contributed by atoms with van der Waals surface area (Å²) in [6.45, 7) is 6.74. The average molecular weight is 352 g/mol. The van der Waals surface area contributed by atoms with Crippen LogP contribution in [0, 0.1) is 5.92 Å². The van der Waals surface area contributed by atoms with E-state index in [2.05, 4.69) is 30.8 Å². The van der Waals surface area contributed by atoms with Crippen molar-refractivity contribution in [2.75, 3.05) is 13.2 Å². The highest BCUT2D eigenvalue weighted by molar-refractivity contribution is 7.99. The Hall–Kier alpha value is -2.04. The number of fused-ring (bicyclic) bond motifs is 2. The van der Waals surface area contributed by atoms with E-state index in [-0.39, 0.29) is 11.9 Å². The lowest BCUT2D eigenvalue weighted by molar-refractivity contribution is -0.158. The predicted molar refractivity (Wildman–Crippen MR) is 97.6 cm³/mol. The summed E-state index contributed by atoms with van der Waals surface area (Å²) >= 11 is 1.72. The number of hydrogen-bond donors (Lipinski definition) is 0. The SMILES string of the molecule is C=C(C)C(=O)OC1(C2CCOC2)c2ccccc2Sc2ccccc21. The first kappa shape index (κ1) is 16.4. The van der Waals surface area contributed by atoms with Crippen molar-refractivity contribution in [3.05, 3.63) is 71.8 Å². The Morgan fingerprint density at radius 3 is 2.28 bits per heavy atom. The fourth-order valence-electron chi connectivity index (χ4n) is 3.71. The summed E-state index contributed by atoms with van der Waals surface area (Å²) in [4.78, 5) is 14.9. The zero-order valence-electron chi connectivity index (χ0n) is 14.2. The largest absolute Gasteiger partial charge is 0.445 e. The van der Waals surface area contributed by atoms with E-state index in [1.54, 1.807) is 18.7 Å². The molecule has 2 aromatic carbocycles. The second-order valence-corrected chi connectivity index (χ2v) is 7.64. The highest BCUT2D eigenvalue weighted by Crippen LogP contribution is 2.54. The number of benzene rings is 2. The lowest BCUT2D eigenvalue weighted by Gasteiger charge is -2.43. The van der Waals surface area contributed by atoms with Gasteiger partial charge in [-0.25, -0.2) is 4.79 Å². The Bertz CT molecular complexity index is 791. The molecule has 0 aromatic heterocycles. The van der Waals surface area contributed by atoms with Crippen molar-refractivity contribution in [2.24, 2.45) is 5.92 Å². The van der Waals surface area contributed by atoms with Gasteiger partial charge in [0.1, 0.15) is 0 Å². The molecular formula is C21H20O3S. The van der Waals surface area contributed by atoms with E-state index in [9.17, 15) is 4.79 Å². The third kappa shape index (κ3) is 2.60. The van der Waals surface area contributed by atoms with Crippen LogP contribution in [0.15, 0.2) is 70.5 Å². The first-order valence-electron chi connectivity index (χ1n) is 8.46. The van der Waals surface area contributed by atoms with Crippen molar-refractivity contribution in [1.29, 1.82) is 0 Å². The van der Waals surface area contributed by atoms with Crippen molar-refractivity contribution >= 4 is 17.7 Å². The fraction of sp³-hybridized carbons (Fsp3) is 0.286. The van der Waals surface area contributed by atoms with Crippen LogP contribution in [0.2, 0.25) is 0 Å². The van der Waals surface area contributed by atoms with E-state index < -0.39 is 5.60 Å². The third-order valence-electron chi connectivity index (χ3n) is 4.90. The molecule has 0 radical (unpaired) electrons. The molecule has 0 spiro atoms. The molecule has 0 bridgehead atoms. The van der Waals surface area contributed by atoms with E-state index in [4.69, 9.17) is 9.47 Å². The van der Waals surface area contributed by atoms with E-state index in [1.165, 1.54) is 0 Å². The first-order valence-corrected chi connectivity index (χ1v) is 9.28. The van der Waals surface area contributed by atoms with Crippen LogP contribution in [0.3, 0.4) is 0 Å². The number of rotatable bonds is 3. The summed E-state index contributed by atoms with van der Waals surface area (Å²) in [6, 6.07) is 16.4. The van der Waals surface area contributed by atoms with Crippen LogP contribution in [0.4, 0.5) is 0 Å². The summed E-state index contributed by atoms with van der Waals surface area (Å²) in [5.74, 6) is -0.276. The van der Waals surface area contributed by atoms with Crippen molar-refractivity contribution < 1.29 is 14.3 Å². The standard InChI is InChI=1S/C21H20O3S/c1-14(2)20(22)24-21(15-11-12-23-13-15)16-7-3-5-9-18(16)25-19-10-6-4-8-17(19)21/h3-10,15H,1,11-13H2,2H3. The van der Waals surface area contributed by atoms with Gasteiger partial charge in [-0.15, -0.1) is 0 Å². The zero-order chi connectivity index (χ0) is 17.4. The molecule has 25 heavy (non-hydrogen) atoms.